The van der Waals surface area contributed by atoms with E-state index >= 15 is 0 Å². The van der Waals surface area contributed by atoms with Gasteiger partial charge in [0.25, 0.3) is 0 Å². The zero-order chi connectivity index (χ0) is 19.4. The number of sulfonamides is 1. The number of nitrogens with zero attached hydrogens (tertiary/aromatic N) is 5. The van der Waals surface area contributed by atoms with E-state index in [1.807, 2.05) is 18.3 Å². The van der Waals surface area contributed by atoms with Crippen LogP contribution >= 0.6 is 11.8 Å². The van der Waals surface area contributed by atoms with Crippen molar-refractivity contribution < 1.29 is 8.42 Å². The lowest BCUT2D eigenvalue weighted by atomic mass is 10.0. The molecule has 0 atom stereocenters. The summed E-state index contributed by atoms with van der Waals surface area (Å²) in [6.45, 7) is 3.73. The zero-order valence-electron chi connectivity index (χ0n) is 16.2. The Kier molecular flexibility index (Phi) is 6.55. The fourth-order valence-corrected chi connectivity index (χ4v) is 6.72. The molecule has 0 radical (unpaired) electrons. The fraction of sp³-hybridized carbons (Fsp3) is 0.684. The molecule has 2 fully saturated rings. The standard InChI is InChI=1S/C19H29N5O2S2/c25-28(26,23-12-7-17(8-13-23)22-10-2-1-3-11-22)16-4-15-27-19-6-5-18-20-9-14-24(18)21-19/h5-6,9,14,17H,1-4,7-8,10-13,15-16H2. The number of aromatic nitrogens is 3. The third-order valence-electron chi connectivity index (χ3n) is 5.75. The molecule has 2 aliphatic heterocycles. The number of imidazole rings is 1. The SMILES string of the molecule is O=S(=O)(CCCSc1ccc2nccn2n1)N1CCC(N2CCCCC2)CC1. The molecule has 2 saturated heterocycles. The number of likely N-dealkylation sites (tertiary alicyclic amines) is 1. The molecule has 0 bridgehead atoms. The highest BCUT2D eigenvalue weighted by Crippen LogP contribution is 2.23. The Hall–Kier alpha value is -1.16. The highest BCUT2D eigenvalue weighted by atomic mass is 32.2. The van der Waals surface area contributed by atoms with Crippen LogP contribution in [-0.2, 0) is 10.0 Å². The smallest absolute Gasteiger partial charge is 0.214 e. The maximum absolute atomic E-state index is 12.7. The minimum absolute atomic E-state index is 0.224. The van der Waals surface area contributed by atoms with Crippen LogP contribution in [0.2, 0.25) is 0 Å². The van der Waals surface area contributed by atoms with Crippen molar-refractivity contribution in [2.75, 3.05) is 37.7 Å². The third kappa shape index (κ3) is 4.87. The summed E-state index contributed by atoms with van der Waals surface area (Å²) in [6, 6.07) is 4.44. The van der Waals surface area contributed by atoms with Gasteiger partial charge in [-0.2, -0.15) is 5.10 Å². The van der Waals surface area contributed by atoms with Crippen molar-refractivity contribution in [3.63, 3.8) is 0 Å². The first-order chi connectivity index (χ1) is 13.6. The number of piperidine rings is 2. The zero-order valence-corrected chi connectivity index (χ0v) is 17.9. The van der Waals surface area contributed by atoms with Gasteiger partial charge in [0, 0.05) is 37.3 Å². The summed E-state index contributed by atoms with van der Waals surface area (Å²) in [7, 11) is -3.15. The van der Waals surface area contributed by atoms with Gasteiger partial charge in [-0.25, -0.2) is 22.2 Å². The van der Waals surface area contributed by atoms with Crippen LogP contribution in [0.1, 0.15) is 38.5 Å². The van der Waals surface area contributed by atoms with Gasteiger partial charge >= 0.3 is 0 Å². The summed E-state index contributed by atoms with van der Waals surface area (Å²) in [5.41, 5.74) is 0.819. The molecule has 0 N–H and O–H groups in total. The van der Waals surface area contributed by atoms with Crippen molar-refractivity contribution >= 4 is 27.4 Å². The molecule has 2 aromatic heterocycles. The van der Waals surface area contributed by atoms with Gasteiger partial charge in [-0.3, -0.25) is 0 Å². The van der Waals surface area contributed by atoms with E-state index in [2.05, 4.69) is 15.0 Å². The Labute approximate surface area is 171 Å². The molecule has 7 nitrogen and oxygen atoms in total. The second kappa shape index (κ2) is 9.11. The molecule has 4 heterocycles. The number of rotatable bonds is 7. The van der Waals surface area contributed by atoms with E-state index in [1.165, 1.54) is 32.4 Å². The molecule has 2 aromatic rings. The molecule has 9 heteroatoms. The first-order valence-electron chi connectivity index (χ1n) is 10.3. The van der Waals surface area contributed by atoms with Gasteiger partial charge in [0.05, 0.1) is 5.75 Å². The van der Waals surface area contributed by atoms with E-state index in [0.717, 1.165) is 29.3 Å². The quantitative estimate of drug-likeness (QED) is 0.503. The highest BCUT2D eigenvalue weighted by molar-refractivity contribution is 7.99. The summed E-state index contributed by atoms with van der Waals surface area (Å²) in [5, 5.41) is 5.36. The topological polar surface area (TPSA) is 70.8 Å². The molecule has 154 valence electrons. The lowest BCUT2D eigenvalue weighted by Gasteiger charge is -2.39. The van der Waals surface area contributed by atoms with E-state index < -0.39 is 10.0 Å². The van der Waals surface area contributed by atoms with E-state index in [0.29, 0.717) is 25.6 Å². The van der Waals surface area contributed by atoms with Gasteiger partial charge in [-0.1, -0.05) is 6.42 Å². The monoisotopic (exact) mass is 423 g/mol. The molecule has 0 saturated carbocycles. The van der Waals surface area contributed by atoms with Crippen LogP contribution < -0.4 is 0 Å². The number of hydrogen-bond donors (Lipinski definition) is 0. The molecule has 0 amide bonds. The average Bonchev–Trinajstić information content (AvgIpc) is 3.20. The van der Waals surface area contributed by atoms with Crippen molar-refractivity contribution in [1.29, 1.82) is 0 Å². The normalized spacial score (nSPS) is 20.7. The molecule has 0 aliphatic carbocycles. The van der Waals surface area contributed by atoms with Crippen LogP contribution in [-0.4, -0.2) is 75.9 Å². The Bertz CT molecular complexity index is 871. The van der Waals surface area contributed by atoms with Crippen molar-refractivity contribution in [2.24, 2.45) is 0 Å². The second-order valence-corrected chi connectivity index (χ2v) is 10.9. The van der Waals surface area contributed by atoms with Crippen molar-refractivity contribution in [1.82, 2.24) is 23.8 Å². The van der Waals surface area contributed by atoms with Gasteiger partial charge in [0.15, 0.2) is 5.65 Å². The Morgan fingerprint density at radius 3 is 2.64 bits per heavy atom. The number of hydrogen-bond acceptors (Lipinski definition) is 6. The van der Waals surface area contributed by atoms with Gasteiger partial charge in [-0.15, -0.1) is 11.8 Å². The maximum Gasteiger partial charge on any atom is 0.214 e. The van der Waals surface area contributed by atoms with Crippen LogP contribution in [0.3, 0.4) is 0 Å². The number of thioether (sulfide) groups is 1. The highest BCUT2D eigenvalue weighted by Gasteiger charge is 2.30. The third-order valence-corrected chi connectivity index (χ3v) is 8.71. The summed E-state index contributed by atoms with van der Waals surface area (Å²) >= 11 is 1.60. The summed E-state index contributed by atoms with van der Waals surface area (Å²) in [4.78, 5) is 6.76. The Morgan fingerprint density at radius 2 is 1.86 bits per heavy atom. The van der Waals surface area contributed by atoms with Crippen LogP contribution in [0.15, 0.2) is 29.6 Å². The van der Waals surface area contributed by atoms with E-state index in [4.69, 9.17) is 0 Å². The Balaban J connectivity index is 1.21. The van der Waals surface area contributed by atoms with E-state index in [1.54, 1.807) is 26.8 Å². The average molecular weight is 424 g/mol. The molecule has 0 unspecified atom stereocenters. The minimum atomic E-state index is -3.15. The van der Waals surface area contributed by atoms with Gasteiger partial charge < -0.3 is 4.90 Å². The predicted molar refractivity (Wildman–Crippen MR) is 112 cm³/mol. The van der Waals surface area contributed by atoms with Crippen molar-refractivity contribution in [2.45, 2.75) is 49.6 Å². The Morgan fingerprint density at radius 1 is 1.07 bits per heavy atom. The first-order valence-corrected chi connectivity index (χ1v) is 12.9. The van der Waals surface area contributed by atoms with Gasteiger partial charge in [-0.05, 0) is 57.3 Å². The molecule has 2 aliphatic rings. The lowest BCUT2D eigenvalue weighted by molar-refractivity contribution is 0.118. The minimum Gasteiger partial charge on any atom is -0.300 e. The molecular weight excluding hydrogens is 394 g/mol. The molecular formula is C19H29N5O2S2. The predicted octanol–water partition coefficient (Wildman–Crippen LogP) is 2.49. The molecule has 0 aromatic carbocycles. The first kappa shape index (κ1) is 20.1. The lowest BCUT2D eigenvalue weighted by Crippen LogP contribution is -2.48. The van der Waals surface area contributed by atoms with Crippen LogP contribution in [0.4, 0.5) is 0 Å². The largest absolute Gasteiger partial charge is 0.300 e. The van der Waals surface area contributed by atoms with Crippen molar-refractivity contribution in [3.05, 3.63) is 24.5 Å². The van der Waals surface area contributed by atoms with Gasteiger partial charge in [0.2, 0.25) is 10.0 Å². The van der Waals surface area contributed by atoms with Crippen molar-refractivity contribution in [3.8, 4) is 0 Å². The number of fused-ring (bicyclic) bond motifs is 1. The molecule has 4 rings (SSSR count). The summed E-state index contributed by atoms with van der Waals surface area (Å²) < 4.78 is 28.8. The van der Waals surface area contributed by atoms with Crippen LogP contribution in [0.5, 0.6) is 0 Å². The fourth-order valence-electron chi connectivity index (χ4n) is 4.19. The molecule has 28 heavy (non-hydrogen) atoms. The molecule has 0 spiro atoms. The van der Waals surface area contributed by atoms with Crippen LogP contribution in [0, 0.1) is 0 Å². The van der Waals surface area contributed by atoms with Gasteiger partial charge in [0.1, 0.15) is 5.03 Å². The summed E-state index contributed by atoms with van der Waals surface area (Å²) in [6.07, 6.45) is 10.1. The maximum atomic E-state index is 12.7. The second-order valence-electron chi connectivity index (χ2n) is 7.65. The van der Waals surface area contributed by atoms with E-state index in [-0.39, 0.29) is 5.75 Å². The summed E-state index contributed by atoms with van der Waals surface area (Å²) in [5.74, 6) is 0.971. The van der Waals surface area contributed by atoms with E-state index in [9.17, 15) is 8.42 Å². The van der Waals surface area contributed by atoms with Crippen LogP contribution in [0.25, 0.3) is 5.65 Å².